The first-order valence-corrected chi connectivity index (χ1v) is 5.93. The molecule has 4 nitrogen and oxygen atoms in total. The van der Waals surface area contributed by atoms with Gasteiger partial charge in [-0.1, -0.05) is 6.07 Å². The smallest absolute Gasteiger partial charge is 0.220 e. The lowest BCUT2D eigenvalue weighted by molar-refractivity contribution is -0.121. The molecular formula is C13H21N3O. The van der Waals surface area contributed by atoms with Gasteiger partial charge in [0.05, 0.1) is 0 Å². The Bertz CT molecular complexity index is 343. The lowest BCUT2D eigenvalue weighted by atomic mass is 10.00. The van der Waals surface area contributed by atoms with Gasteiger partial charge < -0.3 is 11.1 Å². The predicted molar refractivity (Wildman–Crippen MR) is 68.5 cm³/mol. The Kier molecular flexibility index (Phi) is 5.10. The van der Waals surface area contributed by atoms with Crippen LogP contribution >= 0.6 is 0 Å². The first kappa shape index (κ1) is 13.6. The van der Waals surface area contributed by atoms with E-state index in [2.05, 4.69) is 10.3 Å². The van der Waals surface area contributed by atoms with E-state index in [-0.39, 0.29) is 11.4 Å². The van der Waals surface area contributed by atoms with Crippen LogP contribution in [0.5, 0.6) is 0 Å². The van der Waals surface area contributed by atoms with Crippen LogP contribution in [-0.4, -0.2) is 23.0 Å². The molecule has 0 saturated heterocycles. The van der Waals surface area contributed by atoms with E-state index in [1.807, 2.05) is 32.0 Å². The van der Waals surface area contributed by atoms with Crippen molar-refractivity contribution in [1.82, 2.24) is 10.3 Å². The molecule has 0 unspecified atom stereocenters. The lowest BCUT2D eigenvalue weighted by Crippen LogP contribution is -2.34. The fourth-order valence-electron chi connectivity index (χ4n) is 1.40. The summed E-state index contributed by atoms with van der Waals surface area (Å²) < 4.78 is 0. The van der Waals surface area contributed by atoms with Crippen LogP contribution < -0.4 is 11.1 Å². The third kappa shape index (κ3) is 6.68. The number of pyridine rings is 1. The Balaban J connectivity index is 2.17. The van der Waals surface area contributed by atoms with E-state index in [0.29, 0.717) is 19.4 Å². The van der Waals surface area contributed by atoms with Gasteiger partial charge in [-0.2, -0.15) is 0 Å². The van der Waals surface area contributed by atoms with Crippen LogP contribution in [-0.2, 0) is 11.2 Å². The molecule has 0 radical (unpaired) electrons. The second kappa shape index (κ2) is 6.35. The van der Waals surface area contributed by atoms with Crippen molar-refractivity contribution < 1.29 is 4.79 Å². The van der Waals surface area contributed by atoms with Gasteiger partial charge in [-0.05, 0) is 32.4 Å². The van der Waals surface area contributed by atoms with Crippen molar-refractivity contribution in [1.29, 1.82) is 0 Å². The summed E-state index contributed by atoms with van der Waals surface area (Å²) in [6.07, 6.45) is 3.70. The summed E-state index contributed by atoms with van der Waals surface area (Å²) in [5, 5.41) is 2.87. The van der Waals surface area contributed by atoms with E-state index in [0.717, 1.165) is 12.1 Å². The van der Waals surface area contributed by atoms with Crippen LogP contribution in [0.15, 0.2) is 24.4 Å². The molecule has 0 saturated carbocycles. The standard InChI is InChI=1S/C13H21N3O/c1-13(2,14)8-6-12(17)16-10-7-11-5-3-4-9-15-11/h3-5,9H,6-8,10,14H2,1-2H3,(H,16,17). The quantitative estimate of drug-likeness (QED) is 0.780. The minimum atomic E-state index is -0.279. The first-order chi connectivity index (χ1) is 7.97. The maximum absolute atomic E-state index is 11.5. The molecule has 0 aliphatic heterocycles. The number of hydrogen-bond acceptors (Lipinski definition) is 3. The number of nitrogens with zero attached hydrogens (tertiary/aromatic N) is 1. The third-order valence-corrected chi connectivity index (χ3v) is 2.43. The molecule has 1 rings (SSSR count). The summed E-state index contributed by atoms with van der Waals surface area (Å²) >= 11 is 0. The summed E-state index contributed by atoms with van der Waals surface area (Å²) in [7, 11) is 0. The molecule has 17 heavy (non-hydrogen) atoms. The monoisotopic (exact) mass is 235 g/mol. The van der Waals surface area contributed by atoms with Crippen LogP contribution in [0.3, 0.4) is 0 Å². The highest BCUT2D eigenvalue weighted by Crippen LogP contribution is 2.06. The van der Waals surface area contributed by atoms with Crippen molar-refractivity contribution in [2.75, 3.05) is 6.54 Å². The van der Waals surface area contributed by atoms with E-state index in [9.17, 15) is 4.79 Å². The van der Waals surface area contributed by atoms with E-state index >= 15 is 0 Å². The summed E-state index contributed by atoms with van der Waals surface area (Å²) in [4.78, 5) is 15.7. The fourth-order valence-corrected chi connectivity index (χ4v) is 1.40. The Labute approximate surface area is 103 Å². The second-order valence-corrected chi connectivity index (χ2v) is 4.91. The molecule has 4 heteroatoms. The van der Waals surface area contributed by atoms with Gasteiger partial charge in [0.15, 0.2) is 0 Å². The molecular weight excluding hydrogens is 214 g/mol. The number of amides is 1. The van der Waals surface area contributed by atoms with Crippen LogP contribution in [0.1, 0.15) is 32.4 Å². The molecule has 3 N–H and O–H groups in total. The SMILES string of the molecule is CC(C)(N)CCC(=O)NCCc1ccccn1. The van der Waals surface area contributed by atoms with Gasteiger partial charge in [-0.15, -0.1) is 0 Å². The highest BCUT2D eigenvalue weighted by atomic mass is 16.1. The molecule has 0 fully saturated rings. The minimum Gasteiger partial charge on any atom is -0.356 e. The van der Waals surface area contributed by atoms with Crippen molar-refractivity contribution in [2.45, 2.75) is 38.6 Å². The van der Waals surface area contributed by atoms with Crippen molar-refractivity contribution in [3.63, 3.8) is 0 Å². The average molecular weight is 235 g/mol. The number of aromatic nitrogens is 1. The summed E-state index contributed by atoms with van der Waals surface area (Å²) in [6.45, 7) is 4.48. The van der Waals surface area contributed by atoms with Gasteiger partial charge in [0, 0.05) is 36.8 Å². The summed E-state index contributed by atoms with van der Waals surface area (Å²) in [5.74, 6) is 0.0551. The van der Waals surface area contributed by atoms with E-state index in [1.54, 1.807) is 6.20 Å². The van der Waals surface area contributed by atoms with Crippen molar-refractivity contribution in [2.24, 2.45) is 5.73 Å². The number of rotatable bonds is 6. The Morgan fingerprint density at radius 3 is 2.82 bits per heavy atom. The lowest BCUT2D eigenvalue weighted by Gasteiger charge is -2.17. The first-order valence-electron chi connectivity index (χ1n) is 5.93. The zero-order valence-electron chi connectivity index (χ0n) is 10.6. The van der Waals surface area contributed by atoms with Crippen LogP contribution in [0, 0.1) is 0 Å². The number of carbonyl (C=O) groups is 1. The summed E-state index contributed by atoms with van der Waals surface area (Å²) in [6, 6.07) is 5.78. The minimum absolute atomic E-state index is 0.0551. The summed E-state index contributed by atoms with van der Waals surface area (Å²) in [5.41, 5.74) is 6.53. The Morgan fingerprint density at radius 1 is 1.47 bits per heavy atom. The largest absolute Gasteiger partial charge is 0.356 e. The highest BCUT2D eigenvalue weighted by molar-refractivity contribution is 5.75. The predicted octanol–water partition coefficient (Wildman–Crippen LogP) is 1.26. The Morgan fingerprint density at radius 2 is 2.24 bits per heavy atom. The van der Waals surface area contributed by atoms with Gasteiger partial charge in [0.1, 0.15) is 0 Å². The molecule has 0 bridgehead atoms. The fraction of sp³-hybridized carbons (Fsp3) is 0.538. The van der Waals surface area contributed by atoms with Gasteiger partial charge in [-0.25, -0.2) is 0 Å². The molecule has 1 aromatic rings. The van der Waals surface area contributed by atoms with Gasteiger partial charge in [-0.3, -0.25) is 9.78 Å². The van der Waals surface area contributed by atoms with Gasteiger partial charge in [0.2, 0.25) is 5.91 Å². The van der Waals surface area contributed by atoms with Crippen LogP contribution in [0.25, 0.3) is 0 Å². The maximum atomic E-state index is 11.5. The topological polar surface area (TPSA) is 68.0 Å². The van der Waals surface area contributed by atoms with Gasteiger partial charge in [0.25, 0.3) is 0 Å². The number of carbonyl (C=O) groups excluding carboxylic acids is 1. The maximum Gasteiger partial charge on any atom is 0.220 e. The molecule has 94 valence electrons. The Hall–Kier alpha value is -1.42. The van der Waals surface area contributed by atoms with Crippen molar-refractivity contribution in [3.05, 3.63) is 30.1 Å². The molecule has 0 atom stereocenters. The zero-order chi connectivity index (χ0) is 12.7. The van der Waals surface area contributed by atoms with E-state index in [1.165, 1.54) is 0 Å². The zero-order valence-corrected chi connectivity index (χ0v) is 10.6. The number of hydrogen-bond donors (Lipinski definition) is 2. The second-order valence-electron chi connectivity index (χ2n) is 4.91. The van der Waals surface area contributed by atoms with Gasteiger partial charge >= 0.3 is 0 Å². The molecule has 1 aromatic heterocycles. The number of nitrogens with two attached hydrogens (primary N) is 1. The average Bonchev–Trinajstić information content (AvgIpc) is 2.27. The molecule has 0 aliphatic carbocycles. The highest BCUT2D eigenvalue weighted by Gasteiger charge is 2.12. The molecule has 1 heterocycles. The molecule has 0 aliphatic rings. The molecule has 0 spiro atoms. The number of nitrogens with one attached hydrogen (secondary N) is 1. The molecule has 0 aromatic carbocycles. The third-order valence-electron chi connectivity index (χ3n) is 2.43. The van der Waals surface area contributed by atoms with Crippen LogP contribution in [0.2, 0.25) is 0 Å². The van der Waals surface area contributed by atoms with E-state index < -0.39 is 0 Å². The van der Waals surface area contributed by atoms with Crippen molar-refractivity contribution in [3.8, 4) is 0 Å². The molecule has 1 amide bonds. The normalized spacial score (nSPS) is 11.2. The van der Waals surface area contributed by atoms with Crippen LogP contribution in [0.4, 0.5) is 0 Å². The van der Waals surface area contributed by atoms with Crippen molar-refractivity contribution >= 4 is 5.91 Å². The van der Waals surface area contributed by atoms with E-state index in [4.69, 9.17) is 5.73 Å².